The highest BCUT2D eigenvalue weighted by molar-refractivity contribution is 5.99. The van der Waals surface area contributed by atoms with Gasteiger partial charge in [0.25, 0.3) is 5.91 Å². The molecule has 1 aromatic carbocycles. The third kappa shape index (κ3) is 4.23. The fourth-order valence-corrected chi connectivity index (χ4v) is 6.81. The SMILES string of the molecule is C[C@H]1[C@H](NC(=O)c2ccccn2)C[C@H]2C(C)(C)CCC[C@]2(C)[C@H]1C(=O)c1cc(O)cc(O)c1. The number of amides is 1. The minimum absolute atomic E-state index is 0.0284. The molecule has 0 unspecified atom stereocenters. The second-order valence-electron chi connectivity index (χ2n) is 10.9. The molecule has 0 aliphatic heterocycles. The van der Waals surface area contributed by atoms with Crippen molar-refractivity contribution in [3.05, 3.63) is 53.9 Å². The van der Waals surface area contributed by atoms with E-state index in [1.807, 2.05) is 6.92 Å². The van der Waals surface area contributed by atoms with Gasteiger partial charge in [0.1, 0.15) is 17.2 Å². The van der Waals surface area contributed by atoms with E-state index in [0.717, 1.165) is 25.7 Å². The molecule has 4 rings (SSSR count). The number of ketones is 1. The first-order chi connectivity index (χ1) is 15.5. The number of fused-ring (bicyclic) bond motifs is 1. The number of nitrogens with zero attached hydrogens (tertiary/aromatic N) is 1. The molecule has 2 aromatic rings. The molecule has 0 spiro atoms. The van der Waals surface area contributed by atoms with E-state index in [9.17, 15) is 19.8 Å². The Balaban J connectivity index is 1.73. The van der Waals surface area contributed by atoms with Crippen molar-refractivity contribution in [2.45, 2.75) is 59.4 Å². The van der Waals surface area contributed by atoms with Crippen molar-refractivity contribution >= 4 is 11.7 Å². The quantitative estimate of drug-likeness (QED) is 0.572. The molecule has 0 radical (unpaired) electrons. The summed E-state index contributed by atoms with van der Waals surface area (Å²) in [7, 11) is 0. The molecule has 1 heterocycles. The molecule has 33 heavy (non-hydrogen) atoms. The fourth-order valence-electron chi connectivity index (χ4n) is 6.81. The van der Waals surface area contributed by atoms with Crippen LogP contribution in [0.1, 0.15) is 74.2 Å². The number of Topliss-reactive ketones (excluding diaryl/α,β-unsaturated/α-hetero) is 1. The predicted octanol–water partition coefficient (Wildman–Crippen LogP) is 4.96. The molecule has 2 saturated carbocycles. The monoisotopic (exact) mass is 450 g/mol. The van der Waals surface area contributed by atoms with Crippen molar-refractivity contribution in [2.75, 3.05) is 0 Å². The van der Waals surface area contributed by atoms with Crippen LogP contribution in [-0.4, -0.2) is 32.9 Å². The van der Waals surface area contributed by atoms with E-state index in [4.69, 9.17) is 0 Å². The standard InChI is InChI=1S/C27H34N2O4/c1-16-21(29-25(33)20-8-5-6-11-28-20)15-22-26(2,3)9-7-10-27(22,4)23(16)24(32)17-12-18(30)14-19(31)13-17/h5-6,8,11-14,16,21-23,30-31H,7,9-10,15H2,1-4H3,(H,29,33)/t16-,21+,22-,23+,27-/m0/s1. The van der Waals surface area contributed by atoms with Crippen molar-refractivity contribution in [2.24, 2.45) is 28.6 Å². The summed E-state index contributed by atoms with van der Waals surface area (Å²) in [4.78, 5) is 31.1. The smallest absolute Gasteiger partial charge is 0.270 e. The number of pyridine rings is 1. The first kappa shape index (κ1) is 23.3. The maximum Gasteiger partial charge on any atom is 0.270 e. The maximum absolute atomic E-state index is 13.9. The van der Waals surface area contributed by atoms with Gasteiger partial charge in [0.05, 0.1) is 0 Å². The minimum Gasteiger partial charge on any atom is -0.508 e. The molecular formula is C27H34N2O4. The van der Waals surface area contributed by atoms with Crippen LogP contribution in [0.4, 0.5) is 0 Å². The minimum atomic E-state index is -0.356. The van der Waals surface area contributed by atoms with E-state index in [1.165, 1.54) is 18.2 Å². The van der Waals surface area contributed by atoms with Gasteiger partial charge in [0, 0.05) is 29.8 Å². The molecule has 0 saturated heterocycles. The van der Waals surface area contributed by atoms with E-state index in [1.54, 1.807) is 24.4 Å². The number of phenolic OH excluding ortho intramolecular Hbond substituents is 2. The molecule has 0 bridgehead atoms. The maximum atomic E-state index is 13.9. The summed E-state index contributed by atoms with van der Waals surface area (Å²) in [5, 5.41) is 23.2. The third-order valence-electron chi connectivity index (χ3n) is 8.32. The van der Waals surface area contributed by atoms with Crippen molar-refractivity contribution in [3.8, 4) is 11.5 Å². The van der Waals surface area contributed by atoms with Gasteiger partial charge in [0.2, 0.25) is 0 Å². The molecule has 6 heteroatoms. The number of carbonyl (C=O) groups excluding carboxylic acids is 2. The summed E-state index contributed by atoms with van der Waals surface area (Å²) in [6, 6.07) is 9.15. The summed E-state index contributed by atoms with van der Waals surface area (Å²) in [5.74, 6) is -0.818. The first-order valence-electron chi connectivity index (χ1n) is 11.8. The molecule has 1 amide bonds. The topological polar surface area (TPSA) is 99.5 Å². The Bertz CT molecular complexity index is 1030. The highest BCUT2D eigenvalue weighted by atomic mass is 16.3. The van der Waals surface area contributed by atoms with Gasteiger partial charge in [-0.3, -0.25) is 14.6 Å². The Hall–Kier alpha value is -2.89. The van der Waals surface area contributed by atoms with Gasteiger partial charge in [-0.1, -0.05) is 40.2 Å². The van der Waals surface area contributed by atoms with Crippen molar-refractivity contribution in [1.29, 1.82) is 0 Å². The molecule has 2 fully saturated rings. The van der Waals surface area contributed by atoms with Gasteiger partial charge in [0.15, 0.2) is 5.78 Å². The zero-order valence-corrected chi connectivity index (χ0v) is 19.8. The fraction of sp³-hybridized carbons (Fsp3) is 0.519. The molecule has 2 aliphatic rings. The van der Waals surface area contributed by atoms with Crippen LogP contribution in [0.15, 0.2) is 42.6 Å². The number of carbonyl (C=O) groups is 2. The molecule has 6 nitrogen and oxygen atoms in total. The lowest BCUT2D eigenvalue weighted by atomic mass is 9.45. The molecule has 176 valence electrons. The average Bonchev–Trinajstić information content (AvgIpc) is 2.74. The number of aromatic hydroxyl groups is 2. The van der Waals surface area contributed by atoms with Crippen LogP contribution in [0.3, 0.4) is 0 Å². The summed E-state index contributed by atoms with van der Waals surface area (Å²) in [6.07, 6.45) is 5.47. The van der Waals surface area contributed by atoms with Gasteiger partial charge in [-0.2, -0.15) is 0 Å². The Morgan fingerprint density at radius 2 is 1.76 bits per heavy atom. The zero-order valence-electron chi connectivity index (χ0n) is 19.8. The van der Waals surface area contributed by atoms with E-state index >= 15 is 0 Å². The third-order valence-corrected chi connectivity index (χ3v) is 8.32. The van der Waals surface area contributed by atoms with Crippen LogP contribution in [0.25, 0.3) is 0 Å². The van der Waals surface area contributed by atoms with Gasteiger partial charge in [-0.05, 0) is 66.2 Å². The highest BCUT2D eigenvalue weighted by Crippen LogP contribution is 2.61. The number of phenols is 2. The Kier molecular flexibility index (Phi) is 5.97. The average molecular weight is 451 g/mol. The van der Waals surface area contributed by atoms with E-state index in [-0.39, 0.29) is 57.8 Å². The Morgan fingerprint density at radius 1 is 1.06 bits per heavy atom. The zero-order chi connectivity index (χ0) is 24.0. The number of rotatable bonds is 4. The summed E-state index contributed by atoms with van der Waals surface area (Å²) in [6.45, 7) is 8.80. The van der Waals surface area contributed by atoms with E-state index in [2.05, 4.69) is 31.1 Å². The Morgan fingerprint density at radius 3 is 2.39 bits per heavy atom. The summed E-state index contributed by atoms with van der Waals surface area (Å²) < 4.78 is 0. The van der Waals surface area contributed by atoms with E-state index < -0.39 is 0 Å². The van der Waals surface area contributed by atoms with Crippen LogP contribution in [0, 0.1) is 28.6 Å². The lowest BCUT2D eigenvalue weighted by Crippen LogP contribution is -2.60. The first-order valence-corrected chi connectivity index (χ1v) is 11.8. The number of hydrogen-bond acceptors (Lipinski definition) is 5. The number of nitrogens with one attached hydrogen (secondary N) is 1. The van der Waals surface area contributed by atoms with Crippen LogP contribution < -0.4 is 5.32 Å². The molecular weight excluding hydrogens is 416 g/mol. The van der Waals surface area contributed by atoms with Crippen molar-refractivity contribution in [1.82, 2.24) is 10.3 Å². The van der Waals surface area contributed by atoms with Gasteiger partial charge >= 0.3 is 0 Å². The number of benzene rings is 1. The van der Waals surface area contributed by atoms with Crippen LogP contribution in [0.5, 0.6) is 11.5 Å². The second kappa shape index (κ2) is 8.47. The van der Waals surface area contributed by atoms with Crippen LogP contribution in [-0.2, 0) is 0 Å². The predicted molar refractivity (Wildman–Crippen MR) is 126 cm³/mol. The molecule has 5 atom stereocenters. The summed E-state index contributed by atoms with van der Waals surface area (Å²) >= 11 is 0. The Labute approximate surface area is 195 Å². The summed E-state index contributed by atoms with van der Waals surface area (Å²) in [5.41, 5.74) is 0.456. The van der Waals surface area contributed by atoms with Crippen LogP contribution in [0.2, 0.25) is 0 Å². The van der Waals surface area contributed by atoms with Gasteiger partial charge in [-0.25, -0.2) is 0 Å². The number of hydrogen-bond donors (Lipinski definition) is 3. The van der Waals surface area contributed by atoms with Gasteiger partial charge in [-0.15, -0.1) is 0 Å². The normalized spacial score (nSPS) is 30.8. The van der Waals surface area contributed by atoms with Gasteiger partial charge < -0.3 is 15.5 Å². The molecule has 2 aliphatic carbocycles. The molecule has 3 N–H and O–H groups in total. The van der Waals surface area contributed by atoms with Crippen molar-refractivity contribution < 1.29 is 19.8 Å². The van der Waals surface area contributed by atoms with Crippen LogP contribution >= 0.6 is 0 Å². The van der Waals surface area contributed by atoms with E-state index in [0.29, 0.717) is 11.3 Å². The largest absolute Gasteiger partial charge is 0.508 e. The number of aromatic nitrogens is 1. The highest BCUT2D eigenvalue weighted by Gasteiger charge is 2.58. The second-order valence-corrected chi connectivity index (χ2v) is 10.9. The van der Waals surface area contributed by atoms with Crippen molar-refractivity contribution in [3.63, 3.8) is 0 Å². The lowest BCUT2D eigenvalue weighted by molar-refractivity contribution is -0.0902. The molecule has 1 aromatic heterocycles. The lowest BCUT2D eigenvalue weighted by Gasteiger charge is -2.60.